The lowest BCUT2D eigenvalue weighted by Gasteiger charge is -2.06. The smallest absolute Gasteiger partial charge is 0.174 e. The average molecular weight is 328 g/mol. The zero-order valence-electron chi connectivity index (χ0n) is 14.4. The predicted octanol–water partition coefficient (Wildman–Crippen LogP) is 7.19. The largest absolute Gasteiger partial charge is 0.266 e. The summed E-state index contributed by atoms with van der Waals surface area (Å²) in [7, 11) is 0. The molecule has 0 aromatic heterocycles. The third kappa shape index (κ3) is 6.27. The van der Waals surface area contributed by atoms with Gasteiger partial charge in [0.25, 0.3) is 6.08 Å². The number of hydrogen-bond acceptors (Lipinski definition) is 0. The van der Waals surface area contributed by atoms with E-state index in [2.05, 4.69) is 43.3 Å². The van der Waals surface area contributed by atoms with Crippen LogP contribution in [0.5, 0.6) is 0 Å². The van der Waals surface area contributed by atoms with Crippen LogP contribution in [0.25, 0.3) is 11.1 Å². The van der Waals surface area contributed by atoms with E-state index in [9.17, 15) is 8.78 Å². The maximum Gasteiger partial charge on any atom is 0.266 e. The minimum atomic E-state index is -1.60. The monoisotopic (exact) mass is 328 g/mol. The van der Waals surface area contributed by atoms with Crippen molar-refractivity contribution in [2.24, 2.45) is 0 Å². The molecule has 0 N–H and O–H groups in total. The van der Waals surface area contributed by atoms with Crippen molar-refractivity contribution in [2.45, 2.75) is 51.9 Å². The van der Waals surface area contributed by atoms with Crippen LogP contribution in [0.15, 0.2) is 60.7 Å². The van der Waals surface area contributed by atoms with Crippen molar-refractivity contribution in [3.63, 3.8) is 0 Å². The number of hydrogen-bond donors (Lipinski definition) is 0. The second-order valence-electron chi connectivity index (χ2n) is 6.24. The SMILES string of the molecule is CCCCCCc1ccc(-c2ccc(CCC=C(F)F)cc2)cc1. The Balaban J connectivity index is 1.90. The van der Waals surface area contributed by atoms with E-state index in [0.717, 1.165) is 18.1 Å². The molecule has 0 saturated carbocycles. The van der Waals surface area contributed by atoms with E-state index in [1.807, 2.05) is 12.1 Å². The average Bonchev–Trinajstić information content (AvgIpc) is 2.60. The topological polar surface area (TPSA) is 0 Å². The van der Waals surface area contributed by atoms with E-state index >= 15 is 0 Å². The Morgan fingerprint density at radius 3 is 1.79 bits per heavy atom. The molecule has 0 unspecified atom stereocenters. The number of halogens is 2. The van der Waals surface area contributed by atoms with Gasteiger partial charge in [-0.2, -0.15) is 8.78 Å². The van der Waals surface area contributed by atoms with Gasteiger partial charge in [0.2, 0.25) is 0 Å². The first-order chi connectivity index (χ1) is 11.7. The second kappa shape index (κ2) is 10.0. The van der Waals surface area contributed by atoms with Crippen LogP contribution in [0.2, 0.25) is 0 Å². The van der Waals surface area contributed by atoms with E-state index in [0.29, 0.717) is 12.8 Å². The molecule has 0 bridgehead atoms. The molecular formula is C22H26F2. The van der Waals surface area contributed by atoms with Crippen LogP contribution in [-0.2, 0) is 12.8 Å². The Morgan fingerprint density at radius 1 is 0.750 bits per heavy atom. The normalized spacial score (nSPS) is 10.6. The van der Waals surface area contributed by atoms with Crippen LogP contribution >= 0.6 is 0 Å². The molecule has 24 heavy (non-hydrogen) atoms. The minimum Gasteiger partial charge on any atom is -0.174 e. The molecule has 0 saturated heterocycles. The maximum absolute atomic E-state index is 12.0. The molecule has 2 heteroatoms. The summed E-state index contributed by atoms with van der Waals surface area (Å²) in [5, 5.41) is 0. The van der Waals surface area contributed by atoms with E-state index in [1.54, 1.807) is 0 Å². The summed E-state index contributed by atoms with van der Waals surface area (Å²) in [5.74, 6) is 0. The van der Waals surface area contributed by atoms with Crippen LogP contribution in [0.1, 0.15) is 50.2 Å². The standard InChI is InChI=1S/C22H26F2/c1-2-3-4-5-7-18-10-14-20(15-11-18)21-16-12-19(13-17-21)8-6-9-22(23)24/h9-17H,2-8H2,1H3. The highest BCUT2D eigenvalue weighted by Gasteiger charge is 2.00. The van der Waals surface area contributed by atoms with E-state index in [-0.39, 0.29) is 0 Å². The Morgan fingerprint density at radius 2 is 1.29 bits per heavy atom. The number of unbranched alkanes of at least 4 members (excludes halogenated alkanes) is 3. The van der Waals surface area contributed by atoms with Gasteiger partial charge in [0.15, 0.2) is 0 Å². The first-order valence-corrected chi connectivity index (χ1v) is 8.88. The molecule has 0 amide bonds. The Bertz CT molecular complexity index is 620. The lowest BCUT2D eigenvalue weighted by Crippen LogP contribution is -1.87. The van der Waals surface area contributed by atoms with E-state index in [1.165, 1.54) is 42.4 Å². The Labute approximate surface area is 144 Å². The molecule has 0 heterocycles. The van der Waals surface area contributed by atoms with Gasteiger partial charge in [-0.25, -0.2) is 0 Å². The predicted molar refractivity (Wildman–Crippen MR) is 98.3 cm³/mol. The van der Waals surface area contributed by atoms with Crippen LogP contribution in [0.4, 0.5) is 8.78 Å². The van der Waals surface area contributed by atoms with Crippen molar-refractivity contribution >= 4 is 0 Å². The third-order valence-corrected chi connectivity index (χ3v) is 4.29. The number of aryl methyl sites for hydroxylation is 2. The molecule has 0 radical (unpaired) electrons. The van der Waals surface area contributed by atoms with Crippen molar-refractivity contribution in [1.82, 2.24) is 0 Å². The van der Waals surface area contributed by atoms with Gasteiger partial charge in [-0.15, -0.1) is 0 Å². The van der Waals surface area contributed by atoms with Gasteiger partial charge in [-0.05, 0) is 54.0 Å². The van der Waals surface area contributed by atoms with E-state index < -0.39 is 6.08 Å². The molecule has 0 atom stereocenters. The zero-order valence-corrected chi connectivity index (χ0v) is 14.4. The highest BCUT2D eigenvalue weighted by molar-refractivity contribution is 5.63. The van der Waals surface area contributed by atoms with Gasteiger partial charge in [-0.3, -0.25) is 0 Å². The molecule has 2 rings (SSSR count). The zero-order chi connectivity index (χ0) is 17.2. The molecule has 0 fully saturated rings. The van der Waals surface area contributed by atoms with Crippen LogP contribution in [0.3, 0.4) is 0 Å². The van der Waals surface area contributed by atoms with Gasteiger partial charge in [-0.1, -0.05) is 74.7 Å². The molecule has 0 spiro atoms. The van der Waals surface area contributed by atoms with Gasteiger partial charge < -0.3 is 0 Å². The Kier molecular flexibility index (Phi) is 7.67. The minimum absolute atomic E-state index is 0.383. The summed E-state index contributed by atoms with van der Waals surface area (Å²) in [6.07, 6.45) is 6.72. The third-order valence-electron chi connectivity index (χ3n) is 4.29. The molecule has 0 aliphatic heterocycles. The summed E-state index contributed by atoms with van der Waals surface area (Å²) >= 11 is 0. The number of benzene rings is 2. The highest BCUT2D eigenvalue weighted by Crippen LogP contribution is 2.21. The first kappa shape index (κ1) is 18.4. The van der Waals surface area contributed by atoms with Gasteiger partial charge in [0.05, 0.1) is 0 Å². The summed E-state index contributed by atoms with van der Waals surface area (Å²) < 4.78 is 24.1. The fourth-order valence-corrected chi connectivity index (χ4v) is 2.83. The quantitative estimate of drug-likeness (QED) is 0.427. The molecule has 2 aromatic rings. The summed E-state index contributed by atoms with van der Waals surface area (Å²) in [5.41, 5.74) is 4.85. The van der Waals surface area contributed by atoms with Crippen LogP contribution in [0, 0.1) is 0 Å². The second-order valence-corrected chi connectivity index (χ2v) is 6.24. The molecule has 0 aliphatic rings. The van der Waals surface area contributed by atoms with Gasteiger partial charge in [0, 0.05) is 0 Å². The van der Waals surface area contributed by atoms with Gasteiger partial charge in [0.1, 0.15) is 0 Å². The summed E-state index contributed by atoms with van der Waals surface area (Å²) in [4.78, 5) is 0. The van der Waals surface area contributed by atoms with Crippen molar-refractivity contribution in [3.8, 4) is 11.1 Å². The summed E-state index contributed by atoms with van der Waals surface area (Å²) in [6, 6.07) is 17.0. The van der Waals surface area contributed by atoms with E-state index in [4.69, 9.17) is 0 Å². The molecule has 128 valence electrons. The number of rotatable bonds is 9. The first-order valence-electron chi connectivity index (χ1n) is 8.88. The maximum atomic E-state index is 12.0. The molecular weight excluding hydrogens is 302 g/mol. The van der Waals surface area contributed by atoms with Crippen LogP contribution in [-0.4, -0.2) is 0 Å². The van der Waals surface area contributed by atoms with Gasteiger partial charge >= 0.3 is 0 Å². The van der Waals surface area contributed by atoms with Crippen molar-refractivity contribution < 1.29 is 8.78 Å². The molecule has 0 aliphatic carbocycles. The van der Waals surface area contributed by atoms with Crippen molar-refractivity contribution in [2.75, 3.05) is 0 Å². The molecule has 0 nitrogen and oxygen atoms in total. The fraction of sp³-hybridized carbons (Fsp3) is 0.364. The summed E-state index contributed by atoms with van der Waals surface area (Å²) in [6.45, 7) is 2.23. The Hall–Kier alpha value is -1.96. The fourth-order valence-electron chi connectivity index (χ4n) is 2.83. The lowest BCUT2D eigenvalue weighted by atomic mass is 9.99. The highest BCUT2D eigenvalue weighted by atomic mass is 19.3. The van der Waals surface area contributed by atoms with Crippen molar-refractivity contribution in [3.05, 3.63) is 71.8 Å². The number of allylic oxidation sites excluding steroid dienone is 1. The lowest BCUT2D eigenvalue weighted by molar-refractivity contribution is 0.417. The van der Waals surface area contributed by atoms with Crippen LogP contribution < -0.4 is 0 Å². The molecule has 2 aromatic carbocycles. The van der Waals surface area contributed by atoms with Crippen molar-refractivity contribution in [1.29, 1.82) is 0 Å².